The molecule has 1 unspecified atom stereocenters. The Kier molecular flexibility index (Phi) is 2.69. The third-order valence-corrected chi connectivity index (χ3v) is 3.56. The van der Waals surface area contributed by atoms with Crippen molar-refractivity contribution in [3.05, 3.63) is 23.8 Å². The molecule has 0 spiro atoms. The van der Waals surface area contributed by atoms with E-state index in [1.165, 1.54) is 0 Å². The van der Waals surface area contributed by atoms with Gasteiger partial charge in [-0.05, 0) is 44.4 Å². The monoisotopic (exact) mass is 258 g/mol. The lowest BCUT2D eigenvalue weighted by Gasteiger charge is -2.15. The molecule has 1 heterocycles. The molecule has 5 nitrogen and oxygen atoms in total. The van der Waals surface area contributed by atoms with Crippen molar-refractivity contribution < 1.29 is 4.79 Å². The average molecular weight is 258 g/mol. The van der Waals surface area contributed by atoms with Gasteiger partial charge in [-0.25, -0.2) is 4.98 Å². The van der Waals surface area contributed by atoms with Gasteiger partial charge in [0.2, 0.25) is 11.9 Å². The average Bonchev–Trinajstić information content (AvgIpc) is 3.10. The highest BCUT2D eigenvalue weighted by Crippen LogP contribution is 2.25. The van der Waals surface area contributed by atoms with Crippen molar-refractivity contribution >= 4 is 22.9 Å². The number of nitrogens with one attached hydrogen (secondary N) is 1. The summed E-state index contributed by atoms with van der Waals surface area (Å²) in [5.41, 5.74) is 8.83. The molecule has 5 heteroatoms. The number of nitrogens with zero attached hydrogens (tertiary/aromatic N) is 2. The summed E-state index contributed by atoms with van der Waals surface area (Å²) in [5.74, 6) is 0.397. The Hall–Kier alpha value is -2.04. The maximum Gasteiger partial charge on any atom is 0.243 e. The van der Waals surface area contributed by atoms with Crippen LogP contribution in [0.4, 0.5) is 5.95 Å². The Morgan fingerprint density at radius 1 is 1.53 bits per heavy atom. The summed E-state index contributed by atoms with van der Waals surface area (Å²) in [5, 5.41) is 3.01. The smallest absolute Gasteiger partial charge is 0.243 e. The topological polar surface area (TPSA) is 72.9 Å². The molecule has 19 heavy (non-hydrogen) atoms. The van der Waals surface area contributed by atoms with Crippen LogP contribution < -0.4 is 11.1 Å². The summed E-state index contributed by atoms with van der Waals surface area (Å²) >= 11 is 0. The first-order valence-electron chi connectivity index (χ1n) is 6.60. The van der Waals surface area contributed by atoms with Gasteiger partial charge in [-0.2, -0.15) is 0 Å². The molecule has 0 aliphatic heterocycles. The van der Waals surface area contributed by atoms with Crippen LogP contribution in [0.3, 0.4) is 0 Å². The number of benzene rings is 1. The van der Waals surface area contributed by atoms with E-state index in [1.54, 1.807) is 4.57 Å². The SMILES string of the molecule is Cc1ccc2nc(N)n(C(C)C(=O)NC3CC3)c2c1. The highest BCUT2D eigenvalue weighted by Gasteiger charge is 2.27. The largest absolute Gasteiger partial charge is 0.369 e. The predicted molar refractivity (Wildman–Crippen MR) is 74.8 cm³/mol. The van der Waals surface area contributed by atoms with Gasteiger partial charge in [0.05, 0.1) is 11.0 Å². The molecule has 1 atom stereocenters. The molecule has 1 aliphatic rings. The number of anilines is 1. The Morgan fingerprint density at radius 3 is 2.95 bits per heavy atom. The lowest BCUT2D eigenvalue weighted by atomic mass is 10.2. The van der Waals surface area contributed by atoms with E-state index >= 15 is 0 Å². The zero-order valence-corrected chi connectivity index (χ0v) is 11.2. The Bertz CT molecular complexity index is 642. The number of aryl methyl sites for hydroxylation is 1. The standard InChI is InChI=1S/C14H18N4O/c1-8-3-6-11-12(7-8)18(14(15)17-11)9(2)13(19)16-10-4-5-10/h3,6-7,9-10H,4-5H2,1-2H3,(H2,15,17)(H,16,19). The number of nitrogen functional groups attached to an aromatic ring is 1. The summed E-state index contributed by atoms with van der Waals surface area (Å²) in [7, 11) is 0. The van der Waals surface area contributed by atoms with Gasteiger partial charge in [0.1, 0.15) is 6.04 Å². The van der Waals surface area contributed by atoms with Crippen LogP contribution in [0.25, 0.3) is 11.0 Å². The molecule has 1 fully saturated rings. The van der Waals surface area contributed by atoms with Gasteiger partial charge < -0.3 is 11.1 Å². The van der Waals surface area contributed by atoms with E-state index in [0.29, 0.717) is 12.0 Å². The fourth-order valence-corrected chi connectivity index (χ4v) is 2.30. The highest BCUT2D eigenvalue weighted by molar-refractivity contribution is 5.86. The number of amides is 1. The first-order valence-corrected chi connectivity index (χ1v) is 6.60. The van der Waals surface area contributed by atoms with Gasteiger partial charge in [-0.1, -0.05) is 6.07 Å². The summed E-state index contributed by atoms with van der Waals surface area (Å²) in [6.07, 6.45) is 2.16. The van der Waals surface area contributed by atoms with Crippen LogP contribution in [0, 0.1) is 6.92 Å². The minimum atomic E-state index is -0.340. The summed E-state index contributed by atoms with van der Waals surface area (Å²) in [6.45, 7) is 3.87. The van der Waals surface area contributed by atoms with Crippen LogP contribution in [-0.4, -0.2) is 21.5 Å². The highest BCUT2D eigenvalue weighted by atomic mass is 16.2. The Morgan fingerprint density at radius 2 is 2.26 bits per heavy atom. The first kappa shape index (κ1) is 12.0. The second kappa shape index (κ2) is 4.26. The molecule has 0 saturated heterocycles. The summed E-state index contributed by atoms with van der Waals surface area (Å²) in [4.78, 5) is 16.5. The van der Waals surface area contributed by atoms with E-state index in [9.17, 15) is 4.79 Å². The van der Waals surface area contributed by atoms with Crippen LogP contribution in [0.15, 0.2) is 18.2 Å². The van der Waals surface area contributed by atoms with E-state index < -0.39 is 0 Å². The molecular formula is C14H18N4O. The zero-order chi connectivity index (χ0) is 13.6. The van der Waals surface area contributed by atoms with Crippen molar-refractivity contribution in [3.8, 4) is 0 Å². The van der Waals surface area contributed by atoms with Crippen LogP contribution in [0.1, 0.15) is 31.4 Å². The van der Waals surface area contributed by atoms with Gasteiger partial charge in [0.15, 0.2) is 0 Å². The first-order chi connectivity index (χ1) is 9.06. The molecule has 1 saturated carbocycles. The normalized spacial score (nSPS) is 16.5. The zero-order valence-electron chi connectivity index (χ0n) is 11.2. The Balaban J connectivity index is 2.00. The molecule has 1 amide bonds. The molecular weight excluding hydrogens is 240 g/mol. The van der Waals surface area contributed by atoms with Crippen LogP contribution in [0.5, 0.6) is 0 Å². The van der Waals surface area contributed by atoms with Crippen molar-refractivity contribution in [1.82, 2.24) is 14.9 Å². The van der Waals surface area contributed by atoms with Crippen molar-refractivity contribution in [3.63, 3.8) is 0 Å². The number of fused-ring (bicyclic) bond motifs is 1. The van der Waals surface area contributed by atoms with Crippen LogP contribution in [-0.2, 0) is 4.79 Å². The van der Waals surface area contributed by atoms with Crippen molar-refractivity contribution in [2.45, 2.75) is 38.8 Å². The van der Waals surface area contributed by atoms with E-state index in [0.717, 1.165) is 29.4 Å². The van der Waals surface area contributed by atoms with Crippen molar-refractivity contribution in [2.24, 2.45) is 0 Å². The van der Waals surface area contributed by atoms with Gasteiger partial charge in [0.25, 0.3) is 0 Å². The predicted octanol–water partition coefficient (Wildman–Crippen LogP) is 1.77. The maximum absolute atomic E-state index is 12.2. The number of rotatable bonds is 3. The third kappa shape index (κ3) is 2.16. The molecule has 1 aliphatic carbocycles. The second-order valence-corrected chi connectivity index (χ2v) is 5.29. The van der Waals surface area contributed by atoms with E-state index in [4.69, 9.17) is 5.73 Å². The third-order valence-electron chi connectivity index (χ3n) is 3.56. The molecule has 0 radical (unpaired) electrons. The van der Waals surface area contributed by atoms with E-state index in [-0.39, 0.29) is 11.9 Å². The number of carbonyl (C=O) groups is 1. The van der Waals surface area contributed by atoms with Crippen LogP contribution in [0.2, 0.25) is 0 Å². The summed E-state index contributed by atoms with van der Waals surface area (Å²) < 4.78 is 1.81. The molecule has 3 rings (SSSR count). The number of imidazole rings is 1. The maximum atomic E-state index is 12.2. The quantitative estimate of drug-likeness (QED) is 0.881. The molecule has 100 valence electrons. The summed E-state index contributed by atoms with van der Waals surface area (Å²) in [6, 6.07) is 5.96. The minimum Gasteiger partial charge on any atom is -0.369 e. The van der Waals surface area contributed by atoms with Gasteiger partial charge in [0, 0.05) is 6.04 Å². The molecule has 0 bridgehead atoms. The lowest BCUT2D eigenvalue weighted by molar-refractivity contribution is -0.123. The lowest BCUT2D eigenvalue weighted by Crippen LogP contribution is -2.32. The molecule has 3 N–H and O–H groups in total. The molecule has 1 aromatic carbocycles. The van der Waals surface area contributed by atoms with E-state index in [1.807, 2.05) is 32.0 Å². The van der Waals surface area contributed by atoms with E-state index in [2.05, 4.69) is 10.3 Å². The van der Waals surface area contributed by atoms with Crippen LogP contribution >= 0.6 is 0 Å². The van der Waals surface area contributed by atoms with Gasteiger partial charge >= 0.3 is 0 Å². The van der Waals surface area contributed by atoms with Crippen molar-refractivity contribution in [1.29, 1.82) is 0 Å². The van der Waals surface area contributed by atoms with Gasteiger partial charge in [-0.15, -0.1) is 0 Å². The molecule has 1 aromatic heterocycles. The second-order valence-electron chi connectivity index (χ2n) is 5.29. The number of hydrogen-bond donors (Lipinski definition) is 2. The Labute approximate surface area is 111 Å². The number of carbonyl (C=O) groups excluding carboxylic acids is 1. The van der Waals surface area contributed by atoms with Gasteiger partial charge in [-0.3, -0.25) is 9.36 Å². The minimum absolute atomic E-state index is 0.00926. The fourth-order valence-electron chi connectivity index (χ4n) is 2.30. The molecule has 2 aromatic rings. The number of nitrogens with two attached hydrogens (primary N) is 1. The van der Waals surface area contributed by atoms with Crippen molar-refractivity contribution in [2.75, 3.05) is 5.73 Å². The number of hydrogen-bond acceptors (Lipinski definition) is 3. The number of aromatic nitrogens is 2. The fraction of sp³-hybridized carbons (Fsp3) is 0.429.